The highest BCUT2D eigenvalue weighted by Gasteiger charge is 1.96. The number of carbonyl (C=O) groups excluding carboxylic acids is 2. The minimum Gasteiger partial charge on any atom is -0.380 e. The van der Waals surface area contributed by atoms with E-state index in [2.05, 4.69) is 0 Å². The van der Waals surface area contributed by atoms with Gasteiger partial charge in [0.05, 0.1) is 13.0 Å². The standard InChI is InChI=1S/C19H37NO3/c1-20(19-22)15-18-23-17-14-12-10-8-6-4-2-3-5-7-9-11-13-16-21/h16,19H,2-15,17-18H2,1H3/p+1. The second-order valence-corrected chi connectivity index (χ2v) is 6.41. The Labute approximate surface area is 143 Å². The van der Waals surface area contributed by atoms with Crippen molar-refractivity contribution in [3.05, 3.63) is 0 Å². The Bertz CT molecular complexity index is 259. The Morgan fingerprint density at radius 2 is 1.26 bits per heavy atom. The van der Waals surface area contributed by atoms with E-state index < -0.39 is 0 Å². The summed E-state index contributed by atoms with van der Waals surface area (Å²) in [5.74, 6) is 0. The lowest BCUT2D eigenvalue weighted by atomic mass is 10.0. The summed E-state index contributed by atoms with van der Waals surface area (Å²) in [6.45, 7) is 2.15. The van der Waals surface area contributed by atoms with Gasteiger partial charge in [-0.25, -0.2) is 0 Å². The van der Waals surface area contributed by atoms with Crippen molar-refractivity contribution in [2.24, 2.45) is 0 Å². The molecule has 0 aliphatic carbocycles. The number of hydrogen-bond donors (Lipinski definition) is 0. The maximum absolute atomic E-state index is 10.4. The summed E-state index contributed by atoms with van der Waals surface area (Å²) in [4.78, 5) is 20.5. The van der Waals surface area contributed by atoms with Crippen LogP contribution in [0.4, 0.5) is 0 Å². The molecule has 4 heteroatoms. The molecule has 0 spiro atoms. The van der Waals surface area contributed by atoms with Crippen LogP contribution in [0.1, 0.15) is 83.5 Å². The second kappa shape index (κ2) is 19.1. The summed E-state index contributed by atoms with van der Waals surface area (Å²) in [6.07, 6.45) is 18.5. The van der Waals surface area contributed by atoms with Gasteiger partial charge in [0.15, 0.2) is 0 Å². The van der Waals surface area contributed by atoms with Gasteiger partial charge in [-0.05, 0) is 12.8 Å². The van der Waals surface area contributed by atoms with Crippen LogP contribution in [0.2, 0.25) is 0 Å². The number of aldehydes is 1. The maximum Gasteiger partial charge on any atom is 0.281 e. The minimum atomic E-state index is 0.646. The van der Waals surface area contributed by atoms with Crippen LogP contribution < -0.4 is 0 Å². The molecule has 0 heterocycles. The van der Waals surface area contributed by atoms with Gasteiger partial charge < -0.3 is 9.64 Å². The lowest BCUT2D eigenvalue weighted by Crippen LogP contribution is -2.21. The summed E-state index contributed by atoms with van der Waals surface area (Å²) >= 11 is 0. The first-order chi connectivity index (χ1) is 11.3. The van der Waals surface area contributed by atoms with Gasteiger partial charge in [-0.2, -0.15) is 0 Å². The Hall–Kier alpha value is -0.900. The number of ether oxygens (including phenoxy) is 1. The number of nitrogens with zero attached hydrogens (tertiary/aromatic N) is 1. The Balaban J connectivity index is 3.00. The SMILES string of the molecule is CN(C=O)CCOCCCCCCCCCCCCCCC=[OH+]. The summed E-state index contributed by atoms with van der Waals surface area (Å²) in [5.41, 5.74) is 0. The molecule has 0 aromatic carbocycles. The average molecular weight is 329 g/mol. The average Bonchev–Trinajstić information content (AvgIpc) is 2.57. The monoisotopic (exact) mass is 328 g/mol. The number of unbranched alkanes of at least 4 members (excludes halogenated alkanes) is 12. The Morgan fingerprint density at radius 1 is 0.783 bits per heavy atom. The molecular formula is C19H38NO3+. The molecule has 0 rings (SSSR count). The Morgan fingerprint density at radius 3 is 1.74 bits per heavy atom. The summed E-state index contributed by atoms with van der Waals surface area (Å²) in [6, 6.07) is 0. The van der Waals surface area contributed by atoms with Gasteiger partial charge in [-0.1, -0.05) is 64.2 Å². The molecule has 0 unspecified atom stereocenters. The maximum atomic E-state index is 10.4. The van der Waals surface area contributed by atoms with Crippen LogP contribution in [-0.2, 0) is 9.53 Å². The predicted octanol–water partition coefficient (Wildman–Crippen LogP) is 4.34. The summed E-state index contributed by atoms with van der Waals surface area (Å²) in [7, 11) is 1.77. The molecule has 136 valence electrons. The van der Waals surface area contributed by atoms with E-state index in [1.807, 2.05) is 0 Å². The molecule has 0 aromatic heterocycles. The largest absolute Gasteiger partial charge is 0.380 e. The fraction of sp³-hybridized carbons (Fsp3) is 0.895. The van der Waals surface area contributed by atoms with Gasteiger partial charge >= 0.3 is 0 Å². The number of amides is 1. The van der Waals surface area contributed by atoms with Crippen LogP contribution >= 0.6 is 0 Å². The molecule has 0 saturated carbocycles. The van der Waals surface area contributed by atoms with E-state index in [0.29, 0.717) is 13.2 Å². The van der Waals surface area contributed by atoms with Gasteiger partial charge in [0.1, 0.15) is 0 Å². The molecule has 0 aliphatic rings. The van der Waals surface area contributed by atoms with E-state index in [4.69, 9.17) is 9.53 Å². The van der Waals surface area contributed by atoms with Crippen molar-refractivity contribution < 1.29 is 14.3 Å². The summed E-state index contributed by atoms with van der Waals surface area (Å²) in [5, 5.41) is 0. The molecule has 0 bridgehead atoms. The third-order valence-corrected chi connectivity index (χ3v) is 4.14. The normalized spacial score (nSPS) is 10.7. The highest BCUT2D eigenvalue weighted by atomic mass is 16.5. The van der Waals surface area contributed by atoms with Crippen LogP contribution in [-0.4, -0.2) is 49.2 Å². The zero-order valence-corrected chi connectivity index (χ0v) is 15.2. The molecule has 0 aromatic rings. The summed E-state index contributed by atoms with van der Waals surface area (Å²) < 4.78 is 5.50. The fourth-order valence-corrected chi connectivity index (χ4v) is 2.57. The quantitative estimate of drug-likeness (QED) is 0.201. The third kappa shape index (κ3) is 19.1. The van der Waals surface area contributed by atoms with E-state index in [-0.39, 0.29) is 0 Å². The van der Waals surface area contributed by atoms with Crippen molar-refractivity contribution >= 4 is 12.7 Å². The molecule has 23 heavy (non-hydrogen) atoms. The molecule has 0 aliphatic heterocycles. The van der Waals surface area contributed by atoms with Crippen LogP contribution in [0.25, 0.3) is 0 Å². The van der Waals surface area contributed by atoms with Crippen LogP contribution in [0.15, 0.2) is 0 Å². The predicted molar refractivity (Wildman–Crippen MR) is 97.5 cm³/mol. The number of rotatable bonds is 19. The molecule has 1 amide bonds. The van der Waals surface area contributed by atoms with Gasteiger partial charge in [0.2, 0.25) is 6.41 Å². The van der Waals surface area contributed by atoms with Crippen molar-refractivity contribution in [3.8, 4) is 0 Å². The smallest absolute Gasteiger partial charge is 0.281 e. The minimum absolute atomic E-state index is 0.646. The molecule has 0 fully saturated rings. The van der Waals surface area contributed by atoms with Gasteiger partial charge in [-0.3, -0.25) is 9.59 Å². The van der Waals surface area contributed by atoms with Gasteiger partial charge in [0, 0.05) is 20.2 Å². The van der Waals surface area contributed by atoms with E-state index in [9.17, 15) is 4.79 Å². The molecule has 4 nitrogen and oxygen atoms in total. The van der Waals surface area contributed by atoms with Crippen molar-refractivity contribution in [2.75, 3.05) is 26.8 Å². The first-order valence-corrected chi connectivity index (χ1v) is 9.50. The van der Waals surface area contributed by atoms with Crippen molar-refractivity contribution in [1.29, 1.82) is 0 Å². The van der Waals surface area contributed by atoms with E-state index in [0.717, 1.165) is 32.3 Å². The first kappa shape index (κ1) is 22.1. The number of likely N-dealkylation sites (N-methyl/N-ethyl adjacent to an activating group) is 1. The highest BCUT2D eigenvalue weighted by molar-refractivity contribution is 5.50. The second-order valence-electron chi connectivity index (χ2n) is 6.41. The van der Waals surface area contributed by atoms with Crippen molar-refractivity contribution in [3.63, 3.8) is 0 Å². The van der Waals surface area contributed by atoms with E-state index in [1.165, 1.54) is 70.5 Å². The van der Waals surface area contributed by atoms with Crippen LogP contribution in [0.5, 0.6) is 0 Å². The van der Waals surface area contributed by atoms with E-state index in [1.54, 1.807) is 11.9 Å². The van der Waals surface area contributed by atoms with Gasteiger partial charge in [0.25, 0.3) is 6.29 Å². The fourth-order valence-electron chi connectivity index (χ4n) is 2.57. The first-order valence-electron chi connectivity index (χ1n) is 9.50. The lowest BCUT2D eigenvalue weighted by Gasteiger charge is -2.10. The van der Waals surface area contributed by atoms with Crippen molar-refractivity contribution in [2.45, 2.75) is 83.5 Å². The number of carbonyl (C=O) groups is 1. The van der Waals surface area contributed by atoms with Gasteiger partial charge in [-0.15, -0.1) is 0 Å². The zero-order valence-electron chi connectivity index (χ0n) is 15.2. The topological polar surface area (TPSA) is 50.9 Å². The van der Waals surface area contributed by atoms with Crippen molar-refractivity contribution in [1.82, 2.24) is 4.90 Å². The molecule has 1 N–H and O–H groups in total. The zero-order chi connectivity index (χ0) is 17.0. The lowest BCUT2D eigenvalue weighted by molar-refractivity contribution is -0.117. The van der Waals surface area contributed by atoms with Crippen LogP contribution in [0.3, 0.4) is 0 Å². The molecule has 0 atom stereocenters. The molecule has 0 saturated heterocycles. The third-order valence-electron chi connectivity index (χ3n) is 4.14. The van der Waals surface area contributed by atoms with Crippen LogP contribution in [0, 0.1) is 0 Å². The van der Waals surface area contributed by atoms with E-state index >= 15 is 0 Å². The molecular weight excluding hydrogens is 290 g/mol. The highest BCUT2D eigenvalue weighted by Crippen LogP contribution is 2.12. The number of hydrogen-bond acceptors (Lipinski definition) is 2. The Kier molecular flexibility index (Phi) is 18.4. The molecule has 0 radical (unpaired) electrons.